The number of carbonyl (C=O) groups is 2. The van der Waals surface area contributed by atoms with E-state index in [1.54, 1.807) is 4.90 Å². The Balaban J connectivity index is 1.75. The van der Waals surface area contributed by atoms with Gasteiger partial charge < -0.3 is 20.1 Å². The number of carbonyl (C=O) groups excluding carboxylic acids is 1. The molecule has 6 heteroatoms. The number of carboxylic acid groups (broad SMARTS) is 1. The van der Waals surface area contributed by atoms with Gasteiger partial charge in [-0.2, -0.15) is 0 Å². The molecule has 1 aliphatic heterocycles. The first-order valence-electron chi connectivity index (χ1n) is 14.6. The third-order valence-electron chi connectivity index (χ3n) is 8.34. The maximum atomic E-state index is 14.2. The first-order chi connectivity index (χ1) is 18.6. The van der Waals surface area contributed by atoms with Crippen molar-refractivity contribution in [3.63, 3.8) is 0 Å². The van der Waals surface area contributed by atoms with Gasteiger partial charge in [0.05, 0.1) is 12.6 Å². The molecule has 212 valence electrons. The van der Waals surface area contributed by atoms with E-state index in [4.69, 9.17) is 4.74 Å². The van der Waals surface area contributed by atoms with E-state index in [9.17, 15) is 14.7 Å². The van der Waals surface area contributed by atoms with Crippen molar-refractivity contribution in [1.29, 1.82) is 0 Å². The van der Waals surface area contributed by atoms with Crippen molar-refractivity contribution in [3.8, 4) is 5.75 Å². The van der Waals surface area contributed by atoms with Gasteiger partial charge >= 0.3 is 5.97 Å². The predicted octanol–water partition coefficient (Wildman–Crippen LogP) is 6.46. The van der Waals surface area contributed by atoms with Crippen molar-refractivity contribution in [2.75, 3.05) is 6.61 Å². The van der Waals surface area contributed by atoms with Gasteiger partial charge in [-0.05, 0) is 35.8 Å². The second-order valence-electron chi connectivity index (χ2n) is 12.8. The Morgan fingerprint density at radius 1 is 1.00 bits per heavy atom. The number of aliphatic carboxylic acids is 1. The summed E-state index contributed by atoms with van der Waals surface area (Å²) in [6, 6.07) is 16.5. The van der Waals surface area contributed by atoms with E-state index < -0.39 is 12.0 Å². The minimum absolute atomic E-state index is 0.00447. The number of amides is 1. The molecule has 1 saturated heterocycles. The quantitative estimate of drug-likeness (QED) is 0.386. The highest BCUT2D eigenvalue weighted by Crippen LogP contribution is 2.49. The van der Waals surface area contributed by atoms with Crippen LogP contribution >= 0.6 is 0 Å². The van der Waals surface area contributed by atoms with E-state index in [0.717, 1.165) is 49.0 Å². The zero-order valence-corrected chi connectivity index (χ0v) is 24.2. The average molecular weight is 535 g/mol. The number of likely N-dealkylation sites (tertiary alicyclic amines) is 1. The number of nitrogens with zero attached hydrogens (tertiary/aromatic N) is 1. The van der Waals surface area contributed by atoms with Crippen LogP contribution in [0.5, 0.6) is 5.75 Å². The highest BCUT2D eigenvalue weighted by Gasteiger charge is 2.58. The molecule has 6 nitrogen and oxygen atoms in total. The molecule has 2 aromatic rings. The number of nitrogens with one attached hydrogen (secondary N) is 1. The Morgan fingerprint density at radius 3 is 2.26 bits per heavy atom. The molecule has 0 aromatic heterocycles. The van der Waals surface area contributed by atoms with Gasteiger partial charge in [-0.25, -0.2) is 4.79 Å². The normalized spacial score (nSPS) is 24.2. The molecule has 4 rings (SSSR count). The number of para-hydroxylation sites is 1. The molecule has 0 radical (unpaired) electrons. The van der Waals surface area contributed by atoms with Gasteiger partial charge in [0.2, 0.25) is 5.91 Å². The zero-order valence-electron chi connectivity index (χ0n) is 24.2. The molecule has 39 heavy (non-hydrogen) atoms. The Morgan fingerprint density at radius 2 is 1.64 bits per heavy atom. The lowest BCUT2D eigenvalue weighted by molar-refractivity contribution is -0.154. The van der Waals surface area contributed by atoms with Crippen LogP contribution in [0.4, 0.5) is 0 Å². The molecule has 2 aromatic carbocycles. The fraction of sp³-hybridized carbons (Fsp3) is 0.576. The molecule has 1 saturated carbocycles. The van der Waals surface area contributed by atoms with Crippen LogP contribution in [0.25, 0.3) is 0 Å². The maximum absolute atomic E-state index is 14.2. The lowest BCUT2D eigenvalue weighted by atomic mass is 9.72. The SMILES string of the molecule is CC(C)COc1ccccc1CN[C@@H]1[C@@H](C(C)(C)C)[C@H](C(=O)O)N(C(=O)C2CCCCC2)[C@@H]1c1ccccc1. The summed E-state index contributed by atoms with van der Waals surface area (Å²) in [6.45, 7) is 11.7. The molecule has 1 heterocycles. The van der Waals surface area contributed by atoms with Crippen molar-refractivity contribution >= 4 is 11.9 Å². The first kappa shape index (κ1) is 29.1. The molecule has 1 aliphatic carbocycles. The Kier molecular flexibility index (Phi) is 9.37. The highest BCUT2D eigenvalue weighted by atomic mass is 16.5. The van der Waals surface area contributed by atoms with Crippen molar-refractivity contribution < 1.29 is 19.4 Å². The number of ether oxygens (including phenoxy) is 1. The maximum Gasteiger partial charge on any atom is 0.326 e. The van der Waals surface area contributed by atoms with Gasteiger partial charge in [0, 0.05) is 30.0 Å². The van der Waals surface area contributed by atoms with Gasteiger partial charge in [-0.15, -0.1) is 0 Å². The Labute approximate surface area is 234 Å². The Bertz CT molecular complexity index is 1100. The van der Waals surface area contributed by atoms with E-state index in [2.05, 4.69) is 46.0 Å². The topological polar surface area (TPSA) is 78.9 Å². The van der Waals surface area contributed by atoms with Crippen LogP contribution < -0.4 is 10.1 Å². The summed E-state index contributed by atoms with van der Waals surface area (Å²) < 4.78 is 6.12. The van der Waals surface area contributed by atoms with Crippen LogP contribution in [0.2, 0.25) is 0 Å². The number of hydrogen-bond acceptors (Lipinski definition) is 4. The minimum atomic E-state index is -0.926. The van der Waals surface area contributed by atoms with Crippen molar-refractivity contribution in [2.24, 2.45) is 23.2 Å². The fourth-order valence-corrected chi connectivity index (χ4v) is 6.56. The van der Waals surface area contributed by atoms with Gasteiger partial charge in [0.1, 0.15) is 11.8 Å². The third-order valence-corrected chi connectivity index (χ3v) is 8.34. The minimum Gasteiger partial charge on any atom is -0.493 e. The second-order valence-corrected chi connectivity index (χ2v) is 12.8. The van der Waals surface area contributed by atoms with E-state index in [1.165, 1.54) is 0 Å². The summed E-state index contributed by atoms with van der Waals surface area (Å²) >= 11 is 0. The van der Waals surface area contributed by atoms with E-state index in [-0.39, 0.29) is 35.2 Å². The first-order valence-corrected chi connectivity index (χ1v) is 14.6. The summed E-state index contributed by atoms with van der Waals surface area (Å²) in [4.78, 5) is 29.0. The van der Waals surface area contributed by atoms with Gasteiger partial charge in [-0.3, -0.25) is 4.79 Å². The van der Waals surface area contributed by atoms with Crippen molar-refractivity contribution in [1.82, 2.24) is 10.2 Å². The standard InChI is InChI=1S/C33H46N2O4/c1-22(2)21-39-26-19-13-12-18-25(26)20-34-28-27(33(3,4)5)30(32(37)38)35(29(28)23-14-8-6-9-15-23)31(36)24-16-10-7-11-17-24/h6,8-9,12-15,18-19,22,24,27-30,34H,7,10-11,16-17,20-21H2,1-5H3,(H,37,38)/t27-,28-,29-,30-/m1/s1. The number of hydrogen-bond donors (Lipinski definition) is 2. The van der Waals surface area contributed by atoms with Crippen LogP contribution in [-0.2, 0) is 16.1 Å². The van der Waals surface area contributed by atoms with Crippen LogP contribution in [0.1, 0.15) is 83.9 Å². The van der Waals surface area contributed by atoms with Gasteiger partial charge in [-0.1, -0.05) is 102 Å². The molecule has 0 bridgehead atoms. The molecule has 0 unspecified atom stereocenters. The van der Waals surface area contributed by atoms with Gasteiger partial charge in [0.15, 0.2) is 0 Å². The molecule has 2 aliphatic rings. The Hall–Kier alpha value is -2.86. The summed E-state index contributed by atoms with van der Waals surface area (Å²) in [5.41, 5.74) is 1.64. The summed E-state index contributed by atoms with van der Waals surface area (Å²) in [6.07, 6.45) is 4.86. The van der Waals surface area contributed by atoms with Crippen molar-refractivity contribution in [2.45, 2.75) is 91.4 Å². The molecule has 4 atom stereocenters. The molecular formula is C33H46N2O4. The number of carboxylic acids is 1. The highest BCUT2D eigenvalue weighted by molar-refractivity contribution is 5.87. The summed E-state index contributed by atoms with van der Waals surface area (Å²) in [5.74, 6) is -0.0950. The molecule has 2 N–H and O–H groups in total. The van der Waals surface area contributed by atoms with E-state index >= 15 is 0 Å². The van der Waals surface area contributed by atoms with Crippen LogP contribution in [0.3, 0.4) is 0 Å². The zero-order chi connectivity index (χ0) is 28.2. The third kappa shape index (κ3) is 6.66. The molecular weight excluding hydrogens is 488 g/mol. The van der Waals surface area contributed by atoms with E-state index in [0.29, 0.717) is 19.1 Å². The molecule has 2 fully saturated rings. The predicted molar refractivity (Wildman–Crippen MR) is 154 cm³/mol. The number of benzene rings is 2. The fourth-order valence-electron chi connectivity index (χ4n) is 6.56. The van der Waals surface area contributed by atoms with E-state index in [1.807, 2.05) is 48.5 Å². The lowest BCUT2D eigenvalue weighted by Gasteiger charge is -2.36. The smallest absolute Gasteiger partial charge is 0.326 e. The lowest BCUT2D eigenvalue weighted by Crippen LogP contribution is -2.49. The van der Waals surface area contributed by atoms with Crippen LogP contribution in [0.15, 0.2) is 54.6 Å². The summed E-state index contributed by atoms with van der Waals surface area (Å²) in [7, 11) is 0. The van der Waals surface area contributed by atoms with Gasteiger partial charge in [0.25, 0.3) is 0 Å². The largest absolute Gasteiger partial charge is 0.493 e. The second kappa shape index (κ2) is 12.5. The van der Waals surface area contributed by atoms with Crippen molar-refractivity contribution in [3.05, 3.63) is 65.7 Å². The number of rotatable bonds is 9. The molecule has 1 amide bonds. The molecule has 0 spiro atoms. The monoisotopic (exact) mass is 534 g/mol. The van der Waals surface area contributed by atoms with Crippen LogP contribution in [0, 0.1) is 23.2 Å². The average Bonchev–Trinajstić information content (AvgIpc) is 3.28. The summed E-state index contributed by atoms with van der Waals surface area (Å²) in [5, 5.41) is 14.4. The van der Waals surface area contributed by atoms with Crippen LogP contribution in [-0.4, -0.2) is 40.6 Å².